The molecule has 1 atom stereocenters. The molecule has 0 bridgehead atoms. The van der Waals surface area contributed by atoms with Crippen LogP contribution in [0.5, 0.6) is 0 Å². The summed E-state index contributed by atoms with van der Waals surface area (Å²) in [5, 5.41) is 7.25. The zero-order valence-corrected chi connectivity index (χ0v) is 12.1. The van der Waals surface area contributed by atoms with Crippen LogP contribution in [0.2, 0.25) is 0 Å². The lowest BCUT2D eigenvalue weighted by Gasteiger charge is -2.09. The van der Waals surface area contributed by atoms with Crippen molar-refractivity contribution in [2.24, 2.45) is 0 Å². The summed E-state index contributed by atoms with van der Waals surface area (Å²) in [5.74, 6) is 0.748. The standard InChI is InChI=1S/C15H20FN3O/c1-4-17-11(3)5-6-14-18-15(19-20-14)12-7-10(2)8-13(16)9-12/h7-9,11,17H,4-6H2,1-3H3. The largest absolute Gasteiger partial charge is 0.339 e. The van der Waals surface area contributed by atoms with Gasteiger partial charge in [-0.3, -0.25) is 0 Å². The summed E-state index contributed by atoms with van der Waals surface area (Å²) in [6.07, 6.45) is 1.65. The maximum atomic E-state index is 13.4. The molecule has 0 radical (unpaired) electrons. The molecule has 0 saturated heterocycles. The minimum atomic E-state index is -0.285. The third kappa shape index (κ3) is 3.87. The molecule has 0 aliphatic carbocycles. The van der Waals surface area contributed by atoms with E-state index in [0.717, 1.165) is 24.9 Å². The van der Waals surface area contributed by atoms with Crippen LogP contribution < -0.4 is 5.32 Å². The van der Waals surface area contributed by atoms with Gasteiger partial charge in [0.15, 0.2) is 0 Å². The Hall–Kier alpha value is -1.75. The van der Waals surface area contributed by atoms with Crippen molar-refractivity contribution in [2.75, 3.05) is 6.54 Å². The van der Waals surface area contributed by atoms with Crippen molar-refractivity contribution in [3.63, 3.8) is 0 Å². The molecule has 1 aromatic carbocycles. The van der Waals surface area contributed by atoms with Crippen LogP contribution in [0, 0.1) is 12.7 Å². The van der Waals surface area contributed by atoms with Gasteiger partial charge >= 0.3 is 0 Å². The SMILES string of the molecule is CCNC(C)CCc1nc(-c2cc(C)cc(F)c2)no1. The summed E-state index contributed by atoms with van der Waals surface area (Å²) in [5.41, 5.74) is 1.49. The Balaban J connectivity index is 2.05. The number of aryl methyl sites for hydroxylation is 2. The molecule has 1 N–H and O–H groups in total. The van der Waals surface area contributed by atoms with Crippen molar-refractivity contribution in [1.82, 2.24) is 15.5 Å². The lowest BCUT2D eigenvalue weighted by molar-refractivity contribution is 0.368. The van der Waals surface area contributed by atoms with E-state index in [9.17, 15) is 4.39 Å². The summed E-state index contributed by atoms with van der Waals surface area (Å²) in [4.78, 5) is 4.32. The van der Waals surface area contributed by atoms with Gasteiger partial charge < -0.3 is 9.84 Å². The predicted molar refractivity (Wildman–Crippen MR) is 75.9 cm³/mol. The van der Waals surface area contributed by atoms with Gasteiger partial charge in [0.25, 0.3) is 0 Å². The van der Waals surface area contributed by atoms with E-state index in [4.69, 9.17) is 4.52 Å². The molecule has 0 aliphatic rings. The first-order chi connectivity index (χ1) is 9.58. The molecule has 20 heavy (non-hydrogen) atoms. The lowest BCUT2D eigenvalue weighted by Crippen LogP contribution is -2.25. The lowest BCUT2D eigenvalue weighted by atomic mass is 10.1. The molecule has 0 spiro atoms. The first-order valence-corrected chi connectivity index (χ1v) is 6.92. The number of nitrogens with one attached hydrogen (secondary N) is 1. The van der Waals surface area contributed by atoms with Gasteiger partial charge in [0.05, 0.1) is 0 Å². The highest BCUT2D eigenvalue weighted by molar-refractivity contribution is 5.55. The van der Waals surface area contributed by atoms with Gasteiger partial charge in [-0.25, -0.2) is 4.39 Å². The van der Waals surface area contributed by atoms with Gasteiger partial charge in [0.2, 0.25) is 11.7 Å². The molecule has 5 heteroatoms. The third-order valence-electron chi connectivity index (χ3n) is 3.11. The average Bonchev–Trinajstić information content (AvgIpc) is 2.84. The van der Waals surface area contributed by atoms with Crippen LogP contribution in [0.25, 0.3) is 11.4 Å². The Kier molecular flexibility index (Phi) is 4.84. The highest BCUT2D eigenvalue weighted by Gasteiger charge is 2.11. The fourth-order valence-electron chi connectivity index (χ4n) is 2.13. The first-order valence-electron chi connectivity index (χ1n) is 6.92. The summed E-state index contributed by atoms with van der Waals surface area (Å²) in [6.45, 7) is 6.98. The van der Waals surface area contributed by atoms with E-state index in [0.29, 0.717) is 23.3 Å². The molecule has 0 saturated carbocycles. The van der Waals surface area contributed by atoms with Crippen molar-refractivity contribution in [3.05, 3.63) is 35.5 Å². The number of aromatic nitrogens is 2. The normalized spacial score (nSPS) is 12.6. The second-order valence-electron chi connectivity index (χ2n) is 5.03. The van der Waals surface area contributed by atoms with Crippen molar-refractivity contribution in [3.8, 4) is 11.4 Å². The number of benzene rings is 1. The van der Waals surface area contributed by atoms with Crippen LogP contribution in [0.1, 0.15) is 31.7 Å². The Morgan fingerprint density at radius 3 is 2.85 bits per heavy atom. The maximum absolute atomic E-state index is 13.4. The molecule has 2 aromatic rings. The van der Waals surface area contributed by atoms with Crippen LogP contribution in [-0.2, 0) is 6.42 Å². The quantitative estimate of drug-likeness (QED) is 0.881. The monoisotopic (exact) mass is 277 g/mol. The third-order valence-corrected chi connectivity index (χ3v) is 3.11. The minimum absolute atomic E-state index is 0.285. The van der Waals surface area contributed by atoms with Crippen LogP contribution >= 0.6 is 0 Å². The summed E-state index contributed by atoms with van der Waals surface area (Å²) in [6, 6.07) is 5.15. The van der Waals surface area contributed by atoms with Gasteiger partial charge in [0, 0.05) is 18.0 Å². The smallest absolute Gasteiger partial charge is 0.227 e. The van der Waals surface area contributed by atoms with E-state index in [1.807, 2.05) is 13.0 Å². The molecule has 1 aromatic heterocycles. The zero-order chi connectivity index (χ0) is 14.5. The molecular formula is C15H20FN3O. The van der Waals surface area contributed by atoms with Crippen molar-refractivity contribution in [2.45, 2.75) is 39.7 Å². The number of rotatable bonds is 6. The van der Waals surface area contributed by atoms with Crippen molar-refractivity contribution in [1.29, 1.82) is 0 Å². The fourth-order valence-corrected chi connectivity index (χ4v) is 2.13. The van der Waals surface area contributed by atoms with Crippen molar-refractivity contribution >= 4 is 0 Å². The number of hydrogen-bond donors (Lipinski definition) is 1. The van der Waals surface area contributed by atoms with E-state index >= 15 is 0 Å². The Bertz CT molecular complexity index is 548. The van der Waals surface area contributed by atoms with E-state index < -0.39 is 0 Å². The van der Waals surface area contributed by atoms with E-state index in [-0.39, 0.29) is 5.82 Å². The highest BCUT2D eigenvalue weighted by Crippen LogP contribution is 2.19. The average molecular weight is 277 g/mol. The number of nitrogens with zero attached hydrogens (tertiary/aromatic N) is 2. The van der Waals surface area contributed by atoms with Gasteiger partial charge in [-0.05, 0) is 50.6 Å². The molecule has 2 rings (SSSR count). The summed E-state index contributed by atoms with van der Waals surface area (Å²) >= 11 is 0. The van der Waals surface area contributed by atoms with E-state index in [1.54, 1.807) is 0 Å². The second kappa shape index (κ2) is 6.61. The molecule has 0 fully saturated rings. The molecule has 1 heterocycles. The molecule has 0 amide bonds. The van der Waals surface area contributed by atoms with Crippen molar-refractivity contribution < 1.29 is 8.91 Å². The van der Waals surface area contributed by atoms with Crippen LogP contribution in [-0.4, -0.2) is 22.7 Å². The predicted octanol–water partition coefficient (Wildman–Crippen LogP) is 3.11. The Morgan fingerprint density at radius 1 is 1.35 bits per heavy atom. The molecule has 108 valence electrons. The van der Waals surface area contributed by atoms with E-state index in [2.05, 4.69) is 29.3 Å². The summed E-state index contributed by atoms with van der Waals surface area (Å²) in [7, 11) is 0. The van der Waals surface area contributed by atoms with E-state index in [1.165, 1.54) is 12.1 Å². The fraction of sp³-hybridized carbons (Fsp3) is 0.467. The number of halogens is 1. The molecule has 1 unspecified atom stereocenters. The first kappa shape index (κ1) is 14.7. The van der Waals surface area contributed by atoms with Gasteiger partial charge in [0.1, 0.15) is 5.82 Å². The Morgan fingerprint density at radius 2 is 2.15 bits per heavy atom. The molecule has 4 nitrogen and oxygen atoms in total. The molecule has 0 aliphatic heterocycles. The second-order valence-corrected chi connectivity index (χ2v) is 5.03. The highest BCUT2D eigenvalue weighted by atomic mass is 19.1. The zero-order valence-electron chi connectivity index (χ0n) is 12.1. The minimum Gasteiger partial charge on any atom is -0.339 e. The topological polar surface area (TPSA) is 51.0 Å². The van der Waals surface area contributed by atoms with Gasteiger partial charge in [-0.1, -0.05) is 12.1 Å². The van der Waals surface area contributed by atoms with Crippen LogP contribution in [0.3, 0.4) is 0 Å². The van der Waals surface area contributed by atoms with Gasteiger partial charge in [-0.2, -0.15) is 4.98 Å². The molecular weight excluding hydrogens is 257 g/mol. The van der Waals surface area contributed by atoms with Crippen LogP contribution in [0.4, 0.5) is 4.39 Å². The van der Waals surface area contributed by atoms with Crippen LogP contribution in [0.15, 0.2) is 22.7 Å². The maximum Gasteiger partial charge on any atom is 0.227 e. The number of hydrogen-bond acceptors (Lipinski definition) is 4. The Labute approximate surface area is 118 Å². The summed E-state index contributed by atoms with van der Waals surface area (Å²) < 4.78 is 18.6. The van der Waals surface area contributed by atoms with Gasteiger partial charge in [-0.15, -0.1) is 0 Å².